The first kappa shape index (κ1) is 21.0. The Bertz CT molecular complexity index is 1120. The number of methoxy groups -OCH3 is 1. The van der Waals surface area contributed by atoms with E-state index in [1.54, 1.807) is 4.90 Å². The van der Waals surface area contributed by atoms with E-state index in [1.807, 2.05) is 6.92 Å². The maximum atomic E-state index is 13.8. The Morgan fingerprint density at radius 1 is 1.32 bits per heavy atom. The quantitative estimate of drug-likeness (QED) is 0.792. The highest BCUT2D eigenvalue weighted by atomic mass is 19.2. The van der Waals surface area contributed by atoms with Gasteiger partial charge < -0.3 is 24.3 Å². The average Bonchev–Trinajstić information content (AvgIpc) is 2.74. The lowest BCUT2D eigenvalue weighted by atomic mass is 10.1. The molecule has 0 aliphatic carbocycles. The van der Waals surface area contributed by atoms with Crippen molar-refractivity contribution in [3.8, 4) is 5.75 Å². The predicted octanol–water partition coefficient (Wildman–Crippen LogP) is 1.66. The van der Waals surface area contributed by atoms with E-state index in [9.17, 15) is 23.2 Å². The number of carbonyl (C=O) groups is 2. The molecule has 31 heavy (non-hydrogen) atoms. The summed E-state index contributed by atoms with van der Waals surface area (Å²) in [4.78, 5) is 40.2. The van der Waals surface area contributed by atoms with Gasteiger partial charge in [-0.15, -0.1) is 0 Å². The van der Waals surface area contributed by atoms with Crippen LogP contribution in [-0.2, 0) is 17.8 Å². The van der Waals surface area contributed by atoms with Gasteiger partial charge in [0.15, 0.2) is 29.3 Å². The molecule has 1 N–H and O–H groups in total. The Morgan fingerprint density at radius 3 is 2.84 bits per heavy atom. The fourth-order valence-electron chi connectivity index (χ4n) is 3.95. The Kier molecular flexibility index (Phi) is 5.48. The van der Waals surface area contributed by atoms with Crippen molar-refractivity contribution < 1.29 is 27.8 Å². The molecule has 0 unspecified atom stereocenters. The van der Waals surface area contributed by atoms with Crippen molar-refractivity contribution in [2.75, 3.05) is 13.7 Å². The molecule has 1 saturated heterocycles. The van der Waals surface area contributed by atoms with Crippen molar-refractivity contribution in [2.24, 2.45) is 0 Å². The molecule has 164 valence electrons. The van der Waals surface area contributed by atoms with E-state index < -0.39 is 35.1 Å². The fourth-order valence-corrected chi connectivity index (χ4v) is 3.95. The van der Waals surface area contributed by atoms with Gasteiger partial charge in [0.25, 0.3) is 11.8 Å². The minimum absolute atomic E-state index is 0.0498. The number of aromatic nitrogens is 1. The number of hydrogen-bond acceptors (Lipinski definition) is 5. The summed E-state index contributed by atoms with van der Waals surface area (Å²) in [6.07, 6.45) is 1.43. The standard InChI is InChI=1S/C21H21F2N3O5/c1-11-6-7-31-15-10-25-9-13(18(27)19(30-2)17(25)21(29)26(11)15)20(28)24-8-12-4-3-5-14(22)16(12)23/h3-5,9,11,15H,6-8,10H2,1-2H3,(H,24,28)/t11-,15+/m1/s1. The average molecular weight is 433 g/mol. The van der Waals surface area contributed by atoms with Crippen LogP contribution >= 0.6 is 0 Å². The molecular formula is C21H21F2N3O5. The number of carbonyl (C=O) groups excluding carboxylic acids is 2. The number of fused-ring (bicyclic) bond motifs is 2. The van der Waals surface area contributed by atoms with Crippen LogP contribution in [0.25, 0.3) is 0 Å². The molecule has 1 aromatic heterocycles. The van der Waals surface area contributed by atoms with E-state index in [0.717, 1.165) is 6.07 Å². The van der Waals surface area contributed by atoms with Crippen LogP contribution < -0.4 is 15.5 Å². The lowest BCUT2D eigenvalue weighted by molar-refractivity contribution is -0.112. The molecule has 0 radical (unpaired) electrons. The Morgan fingerprint density at radius 2 is 2.10 bits per heavy atom. The summed E-state index contributed by atoms with van der Waals surface area (Å²) < 4.78 is 39.6. The van der Waals surface area contributed by atoms with Crippen molar-refractivity contribution in [1.82, 2.24) is 14.8 Å². The number of benzene rings is 1. The summed E-state index contributed by atoms with van der Waals surface area (Å²) in [6, 6.07) is 3.55. The van der Waals surface area contributed by atoms with Crippen LogP contribution in [-0.4, -0.2) is 47.3 Å². The van der Waals surface area contributed by atoms with E-state index >= 15 is 0 Å². The molecule has 8 nitrogen and oxygen atoms in total. The number of pyridine rings is 1. The zero-order chi connectivity index (χ0) is 22.3. The minimum atomic E-state index is -1.07. The number of amides is 2. The molecule has 1 aromatic carbocycles. The maximum absolute atomic E-state index is 13.8. The van der Waals surface area contributed by atoms with Gasteiger partial charge in [-0.25, -0.2) is 8.78 Å². The molecule has 2 atom stereocenters. The van der Waals surface area contributed by atoms with E-state index in [0.29, 0.717) is 13.0 Å². The van der Waals surface area contributed by atoms with Crippen LogP contribution in [0.4, 0.5) is 8.78 Å². The molecule has 4 rings (SSSR count). The highest BCUT2D eigenvalue weighted by Crippen LogP contribution is 2.29. The lowest BCUT2D eigenvalue weighted by Crippen LogP contribution is -2.57. The number of halogens is 2. The monoisotopic (exact) mass is 433 g/mol. The van der Waals surface area contributed by atoms with Gasteiger partial charge in [-0.1, -0.05) is 12.1 Å². The van der Waals surface area contributed by atoms with Gasteiger partial charge in [0.2, 0.25) is 5.43 Å². The minimum Gasteiger partial charge on any atom is -0.491 e. The van der Waals surface area contributed by atoms with Gasteiger partial charge in [0.05, 0.1) is 20.3 Å². The zero-order valence-corrected chi connectivity index (χ0v) is 17.0. The molecule has 2 aliphatic rings. The molecule has 0 saturated carbocycles. The van der Waals surface area contributed by atoms with Gasteiger partial charge in [0.1, 0.15) is 5.56 Å². The smallest absolute Gasteiger partial charge is 0.276 e. The van der Waals surface area contributed by atoms with Crippen molar-refractivity contribution in [1.29, 1.82) is 0 Å². The van der Waals surface area contributed by atoms with E-state index in [4.69, 9.17) is 9.47 Å². The highest BCUT2D eigenvalue weighted by Gasteiger charge is 2.41. The Labute approximate surface area is 176 Å². The number of ether oxygens (including phenoxy) is 2. The second-order valence-electron chi connectivity index (χ2n) is 7.48. The highest BCUT2D eigenvalue weighted by molar-refractivity contribution is 5.99. The van der Waals surface area contributed by atoms with E-state index in [-0.39, 0.29) is 41.7 Å². The first-order valence-corrected chi connectivity index (χ1v) is 9.80. The summed E-state index contributed by atoms with van der Waals surface area (Å²) in [6.45, 7) is 2.30. The van der Waals surface area contributed by atoms with E-state index in [2.05, 4.69) is 5.32 Å². The largest absolute Gasteiger partial charge is 0.491 e. The fraction of sp³-hybridized carbons (Fsp3) is 0.381. The molecular weight excluding hydrogens is 412 g/mol. The topological polar surface area (TPSA) is 89.9 Å². The second kappa shape index (κ2) is 8.10. The molecule has 0 spiro atoms. The van der Waals surface area contributed by atoms with Crippen LogP contribution in [0.2, 0.25) is 0 Å². The maximum Gasteiger partial charge on any atom is 0.276 e. The summed E-state index contributed by atoms with van der Waals surface area (Å²) in [5.41, 5.74) is -1.05. The van der Waals surface area contributed by atoms with Crippen molar-refractivity contribution >= 4 is 11.8 Å². The van der Waals surface area contributed by atoms with Crippen LogP contribution in [0.3, 0.4) is 0 Å². The predicted molar refractivity (Wildman–Crippen MR) is 105 cm³/mol. The Balaban J connectivity index is 1.67. The third-order valence-corrected chi connectivity index (χ3v) is 5.58. The number of hydrogen-bond donors (Lipinski definition) is 1. The molecule has 0 bridgehead atoms. The third-order valence-electron chi connectivity index (χ3n) is 5.58. The third kappa shape index (κ3) is 3.56. The van der Waals surface area contributed by atoms with Gasteiger partial charge in [-0.2, -0.15) is 0 Å². The lowest BCUT2D eigenvalue weighted by Gasteiger charge is -2.44. The van der Waals surface area contributed by atoms with Gasteiger partial charge >= 0.3 is 0 Å². The van der Waals surface area contributed by atoms with Gasteiger partial charge in [0, 0.05) is 24.3 Å². The van der Waals surface area contributed by atoms with Crippen LogP contribution in [0.1, 0.15) is 39.8 Å². The van der Waals surface area contributed by atoms with Crippen LogP contribution in [0, 0.1) is 11.6 Å². The van der Waals surface area contributed by atoms with Crippen LogP contribution in [0.15, 0.2) is 29.2 Å². The van der Waals surface area contributed by atoms with Gasteiger partial charge in [-0.3, -0.25) is 14.4 Å². The SMILES string of the molecule is COc1c2n(cc(C(=O)NCc3cccc(F)c3F)c1=O)C[C@@H]1OCC[C@@H](C)N1C2=O. The number of nitrogens with one attached hydrogen (secondary N) is 1. The van der Waals surface area contributed by atoms with Gasteiger partial charge in [-0.05, 0) is 19.4 Å². The first-order valence-electron chi connectivity index (χ1n) is 9.80. The first-order chi connectivity index (χ1) is 14.8. The summed E-state index contributed by atoms with van der Waals surface area (Å²) in [7, 11) is 1.25. The Hall–Kier alpha value is -3.27. The number of nitrogens with zero attached hydrogens (tertiary/aromatic N) is 2. The summed E-state index contributed by atoms with van der Waals surface area (Å²) in [5, 5.41) is 2.42. The zero-order valence-electron chi connectivity index (χ0n) is 17.0. The summed E-state index contributed by atoms with van der Waals surface area (Å²) in [5.74, 6) is -3.56. The van der Waals surface area contributed by atoms with Crippen molar-refractivity contribution in [3.05, 3.63) is 63.1 Å². The molecule has 1 fully saturated rings. The molecule has 10 heteroatoms. The molecule has 3 heterocycles. The summed E-state index contributed by atoms with van der Waals surface area (Å²) >= 11 is 0. The normalized spacial score (nSPS) is 20.1. The van der Waals surface area contributed by atoms with E-state index in [1.165, 1.54) is 30.0 Å². The molecule has 2 aromatic rings. The van der Waals surface area contributed by atoms with Crippen LogP contribution in [0.5, 0.6) is 5.75 Å². The van der Waals surface area contributed by atoms with Crippen molar-refractivity contribution in [3.63, 3.8) is 0 Å². The van der Waals surface area contributed by atoms with Crippen molar-refractivity contribution in [2.45, 2.75) is 38.7 Å². The second-order valence-corrected chi connectivity index (χ2v) is 7.48. The molecule has 2 aliphatic heterocycles. The molecule has 2 amide bonds. The number of rotatable bonds is 4.